The Morgan fingerprint density at radius 2 is 1.92 bits per heavy atom. The van der Waals surface area contributed by atoms with E-state index in [9.17, 15) is 0 Å². The Kier molecular flexibility index (Phi) is 4.44. The van der Waals surface area contributed by atoms with Crippen molar-refractivity contribution in [3.8, 4) is 0 Å². The summed E-state index contributed by atoms with van der Waals surface area (Å²) in [5.74, 6) is 2.90. The van der Waals surface area contributed by atoms with Crippen LogP contribution in [0.15, 0.2) is 0 Å². The van der Waals surface area contributed by atoms with Gasteiger partial charge in [0.15, 0.2) is 0 Å². The van der Waals surface area contributed by atoms with Crippen LogP contribution in [0.2, 0.25) is 0 Å². The summed E-state index contributed by atoms with van der Waals surface area (Å²) in [6.07, 6.45) is 7.66. The van der Waals surface area contributed by atoms with Gasteiger partial charge >= 0.3 is 0 Å². The quantitative estimate of drug-likeness (QED) is 0.734. The maximum atomic E-state index is 6.08. The van der Waals surface area contributed by atoms with Crippen molar-refractivity contribution in [3.05, 3.63) is 0 Å². The predicted molar refractivity (Wildman–Crippen MR) is 57.5 cm³/mol. The fourth-order valence-corrected chi connectivity index (χ4v) is 2.70. The number of thioether (sulfide) groups is 1. The minimum atomic E-state index is 0.451. The molecule has 2 N–H and O–H groups in total. The Hall–Kier alpha value is 0.310. The lowest BCUT2D eigenvalue weighted by Gasteiger charge is -2.30. The van der Waals surface area contributed by atoms with E-state index >= 15 is 0 Å². The van der Waals surface area contributed by atoms with Crippen molar-refractivity contribution in [1.82, 2.24) is 0 Å². The summed E-state index contributed by atoms with van der Waals surface area (Å²) in [6, 6.07) is 0.451. The first-order valence-electron chi connectivity index (χ1n) is 4.98. The van der Waals surface area contributed by atoms with Crippen molar-refractivity contribution in [2.45, 2.75) is 38.6 Å². The Morgan fingerprint density at radius 3 is 2.42 bits per heavy atom. The Morgan fingerprint density at radius 1 is 1.33 bits per heavy atom. The van der Waals surface area contributed by atoms with Crippen LogP contribution in [0.5, 0.6) is 0 Å². The van der Waals surface area contributed by atoms with Crippen LogP contribution in [0.3, 0.4) is 0 Å². The minimum Gasteiger partial charge on any atom is -0.327 e. The molecule has 1 nitrogen and oxygen atoms in total. The average Bonchev–Trinajstić information content (AvgIpc) is 2.06. The third-order valence-corrected chi connectivity index (χ3v) is 3.74. The summed E-state index contributed by atoms with van der Waals surface area (Å²) in [7, 11) is 0. The normalized spacial score (nSPS) is 33.2. The maximum absolute atomic E-state index is 6.08. The summed E-state index contributed by atoms with van der Waals surface area (Å²) in [5.41, 5.74) is 6.08. The molecular weight excluding hydrogens is 166 g/mol. The molecule has 0 aromatic carbocycles. The second-order valence-electron chi connectivity index (χ2n) is 4.14. The highest BCUT2D eigenvalue weighted by Crippen LogP contribution is 2.30. The molecule has 1 fully saturated rings. The average molecular weight is 187 g/mol. The van der Waals surface area contributed by atoms with E-state index in [0.29, 0.717) is 6.04 Å². The standard InChI is InChI=1S/C10H21NS/c1-8-3-5-9(6-4-8)10(11)7-12-2/h8-10H,3-7,11H2,1-2H3. The molecule has 1 aliphatic rings. The molecule has 72 valence electrons. The minimum absolute atomic E-state index is 0.451. The summed E-state index contributed by atoms with van der Waals surface area (Å²) in [5, 5.41) is 0. The summed E-state index contributed by atoms with van der Waals surface area (Å²) < 4.78 is 0. The van der Waals surface area contributed by atoms with E-state index < -0.39 is 0 Å². The second-order valence-corrected chi connectivity index (χ2v) is 5.05. The monoisotopic (exact) mass is 187 g/mol. The molecule has 1 saturated carbocycles. The molecule has 0 bridgehead atoms. The van der Waals surface area contributed by atoms with Crippen LogP contribution in [0.1, 0.15) is 32.6 Å². The first kappa shape index (κ1) is 10.4. The molecule has 0 spiro atoms. The van der Waals surface area contributed by atoms with E-state index in [2.05, 4.69) is 13.2 Å². The van der Waals surface area contributed by atoms with Gasteiger partial charge in [0.05, 0.1) is 0 Å². The van der Waals surface area contributed by atoms with Gasteiger partial charge in [0, 0.05) is 11.8 Å². The molecule has 0 aromatic rings. The molecule has 1 atom stereocenters. The summed E-state index contributed by atoms with van der Waals surface area (Å²) in [4.78, 5) is 0. The lowest BCUT2D eigenvalue weighted by atomic mass is 9.80. The summed E-state index contributed by atoms with van der Waals surface area (Å²) in [6.45, 7) is 2.36. The molecule has 2 heteroatoms. The SMILES string of the molecule is CSCC(N)C1CCC(C)CC1. The van der Waals surface area contributed by atoms with Crippen LogP contribution in [0.4, 0.5) is 0 Å². The number of hydrogen-bond donors (Lipinski definition) is 1. The lowest BCUT2D eigenvalue weighted by molar-refractivity contribution is 0.264. The van der Waals surface area contributed by atoms with Gasteiger partial charge in [0.25, 0.3) is 0 Å². The van der Waals surface area contributed by atoms with Gasteiger partial charge in [-0.15, -0.1) is 0 Å². The van der Waals surface area contributed by atoms with E-state index in [4.69, 9.17) is 5.73 Å². The highest BCUT2D eigenvalue weighted by Gasteiger charge is 2.22. The highest BCUT2D eigenvalue weighted by atomic mass is 32.2. The van der Waals surface area contributed by atoms with Crippen molar-refractivity contribution in [2.24, 2.45) is 17.6 Å². The maximum Gasteiger partial charge on any atom is 0.0158 e. The molecule has 0 saturated heterocycles. The van der Waals surface area contributed by atoms with Crippen LogP contribution in [-0.2, 0) is 0 Å². The van der Waals surface area contributed by atoms with E-state index in [1.165, 1.54) is 25.7 Å². The van der Waals surface area contributed by atoms with Crippen LogP contribution in [0, 0.1) is 11.8 Å². The van der Waals surface area contributed by atoms with Gasteiger partial charge in [-0.3, -0.25) is 0 Å². The Balaban J connectivity index is 2.24. The van der Waals surface area contributed by atoms with Gasteiger partial charge in [0.2, 0.25) is 0 Å². The Labute approximate surface area is 80.5 Å². The molecule has 0 amide bonds. The fourth-order valence-electron chi connectivity index (χ4n) is 2.04. The molecule has 1 aliphatic carbocycles. The van der Waals surface area contributed by atoms with Crippen molar-refractivity contribution < 1.29 is 0 Å². The van der Waals surface area contributed by atoms with Gasteiger partial charge in [-0.05, 0) is 30.9 Å². The molecule has 12 heavy (non-hydrogen) atoms. The zero-order chi connectivity index (χ0) is 8.97. The Bertz CT molecular complexity index is 119. The number of hydrogen-bond acceptors (Lipinski definition) is 2. The smallest absolute Gasteiger partial charge is 0.0158 e. The topological polar surface area (TPSA) is 26.0 Å². The van der Waals surface area contributed by atoms with Crippen molar-refractivity contribution in [3.63, 3.8) is 0 Å². The van der Waals surface area contributed by atoms with E-state index in [0.717, 1.165) is 17.6 Å². The van der Waals surface area contributed by atoms with Gasteiger partial charge in [-0.1, -0.05) is 19.8 Å². The number of rotatable bonds is 3. The van der Waals surface area contributed by atoms with E-state index in [1.807, 2.05) is 11.8 Å². The molecule has 0 heterocycles. The lowest BCUT2D eigenvalue weighted by Crippen LogP contribution is -2.34. The largest absolute Gasteiger partial charge is 0.327 e. The molecule has 0 aliphatic heterocycles. The van der Waals surface area contributed by atoms with Crippen LogP contribution < -0.4 is 5.73 Å². The van der Waals surface area contributed by atoms with Gasteiger partial charge in [-0.2, -0.15) is 11.8 Å². The first-order valence-corrected chi connectivity index (χ1v) is 6.38. The third kappa shape index (κ3) is 2.98. The fraction of sp³-hybridized carbons (Fsp3) is 1.00. The van der Waals surface area contributed by atoms with Crippen LogP contribution in [-0.4, -0.2) is 18.1 Å². The first-order chi connectivity index (χ1) is 5.74. The molecular formula is C10H21NS. The van der Waals surface area contributed by atoms with Gasteiger partial charge in [-0.25, -0.2) is 0 Å². The molecule has 0 aromatic heterocycles. The van der Waals surface area contributed by atoms with Crippen LogP contribution in [0.25, 0.3) is 0 Å². The van der Waals surface area contributed by atoms with E-state index in [1.54, 1.807) is 0 Å². The van der Waals surface area contributed by atoms with Crippen molar-refractivity contribution >= 4 is 11.8 Å². The molecule has 0 radical (unpaired) electrons. The highest BCUT2D eigenvalue weighted by molar-refractivity contribution is 7.98. The third-order valence-electron chi connectivity index (χ3n) is 3.03. The van der Waals surface area contributed by atoms with Crippen LogP contribution >= 0.6 is 11.8 Å². The van der Waals surface area contributed by atoms with Crippen molar-refractivity contribution in [2.75, 3.05) is 12.0 Å². The zero-order valence-corrected chi connectivity index (χ0v) is 9.07. The summed E-state index contributed by atoms with van der Waals surface area (Å²) >= 11 is 1.88. The molecule has 1 rings (SSSR count). The van der Waals surface area contributed by atoms with Crippen molar-refractivity contribution in [1.29, 1.82) is 0 Å². The van der Waals surface area contributed by atoms with Gasteiger partial charge in [0.1, 0.15) is 0 Å². The second kappa shape index (κ2) is 5.13. The molecule has 1 unspecified atom stereocenters. The predicted octanol–water partition coefficient (Wildman–Crippen LogP) is 2.50. The van der Waals surface area contributed by atoms with Gasteiger partial charge < -0.3 is 5.73 Å². The zero-order valence-electron chi connectivity index (χ0n) is 8.25. The number of nitrogens with two attached hydrogens (primary N) is 1. The van der Waals surface area contributed by atoms with E-state index in [-0.39, 0.29) is 0 Å².